The van der Waals surface area contributed by atoms with Gasteiger partial charge in [0.05, 0.1) is 70.5 Å². The second-order valence-corrected chi connectivity index (χ2v) is 23.2. The van der Waals surface area contributed by atoms with Gasteiger partial charge in [-0.05, 0) is 13.8 Å². The number of nitrogens with two attached hydrogens (primary N) is 2. The maximum atomic E-state index is 12.3. The van der Waals surface area contributed by atoms with Gasteiger partial charge in [-0.1, -0.05) is 6.08 Å². The van der Waals surface area contributed by atoms with E-state index in [0.717, 1.165) is 0 Å². The van der Waals surface area contributed by atoms with E-state index in [4.69, 9.17) is 87.3 Å². The van der Waals surface area contributed by atoms with Gasteiger partial charge in [-0.25, -0.2) is 0 Å². The molecule has 0 radical (unpaired) electrons. The molecule has 39 heteroatoms. The summed E-state index contributed by atoms with van der Waals surface area (Å²) in [6.45, 7) is 0.0635. The Morgan fingerprint density at radius 1 is 0.300 bits per heavy atom. The van der Waals surface area contributed by atoms with Gasteiger partial charge in [0.2, 0.25) is 0 Å². The van der Waals surface area contributed by atoms with Crippen molar-refractivity contribution in [2.45, 2.75) is 259 Å². The molecule has 40 atom stereocenters. The van der Waals surface area contributed by atoms with Crippen LogP contribution in [0, 0.1) is 0 Å². The number of rotatable bonds is 23. The van der Waals surface area contributed by atoms with Gasteiger partial charge < -0.3 is 194 Å². The van der Waals surface area contributed by atoms with Crippen LogP contribution in [0.1, 0.15) is 13.8 Å². The Morgan fingerprint density at radius 2 is 0.622 bits per heavy atom. The number of hydrogen-bond donors (Lipinski definition) is 23. The molecule has 0 aromatic carbocycles. The average molecular weight is 1320 g/mol. The summed E-state index contributed by atoms with van der Waals surface area (Å²) in [5, 5.41) is 228. The SMILES string of the molecule is C=CCO[C@@H]1OC(CO)[C@H](O[C@@H]2OC(CO[C@@H]3OC(CO)[C@@H](O[C@@H]4OC(CO)[C@H](O)C(O)C4O)C(OC4OC(C)[C@@H](O)C(O)C4O)C3N)[C@H](O)C(O[C@@H]3OC(CO)[C@@H](O[C@@H]4OC(C)[C@@H](O)C(O)C4O)C(O[C@@H]4OC(CO)[C@H](O)C(O)C4O)C3N)C2O)C(O)C1O. The number of aliphatic hydroxyl groups is 21. The van der Waals surface area contributed by atoms with E-state index in [1.807, 2.05) is 0 Å². The van der Waals surface area contributed by atoms with Crippen LogP contribution in [-0.2, 0) is 75.8 Å². The van der Waals surface area contributed by atoms with Gasteiger partial charge in [-0.3, -0.25) is 0 Å². The quantitative estimate of drug-likeness (QED) is 0.0422. The zero-order valence-electron chi connectivity index (χ0n) is 48.4. The van der Waals surface area contributed by atoms with Crippen molar-refractivity contribution >= 4 is 0 Å². The lowest BCUT2D eigenvalue weighted by Crippen LogP contribution is -2.70. The predicted octanol–water partition coefficient (Wildman–Crippen LogP) is -15.3. The molecule has 0 aromatic rings. The summed E-state index contributed by atoms with van der Waals surface area (Å²) >= 11 is 0. The zero-order valence-corrected chi connectivity index (χ0v) is 48.4. The normalized spacial score (nSPS) is 53.1. The Bertz CT molecular complexity index is 2190. The maximum Gasteiger partial charge on any atom is 0.187 e. The predicted molar refractivity (Wildman–Crippen MR) is 279 cm³/mol. The average Bonchev–Trinajstić information content (AvgIpc) is 1.06. The van der Waals surface area contributed by atoms with Gasteiger partial charge in [-0.2, -0.15) is 0 Å². The van der Waals surface area contributed by atoms with E-state index in [9.17, 15) is 107 Å². The van der Waals surface area contributed by atoms with E-state index in [0.29, 0.717) is 0 Å². The van der Waals surface area contributed by atoms with Crippen molar-refractivity contribution < 1.29 is 183 Å². The molecule has 8 saturated heterocycles. The highest BCUT2D eigenvalue weighted by atomic mass is 16.8. The molecule has 25 N–H and O–H groups in total. The molecule has 0 aromatic heterocycles. The first-order chi connectivity index (χ1) is 42.7. The molecule has 0 aliphatic carbocycles. The van der Waals surface area contributed by atoms with Crippen LogP contribution in [0.15, 0.2) is 12.7 Å². The third kappa shape index (κ3) is 15.4. The Morgan fingerprint density at radius 3 is 1.07 bits per heavy atom. The highest BCUT2D eigenvalue weighted by molar-refractivity contribution is 5.03. The summed E-state index contributed by atoms with van der Waals surface area (Å²) in [6.07, 6.45) is -69.5. The summed E-state index contributed by atoms with van der Waals surface area (Å²) in [6, 6.07) is -3.64. The van der Waals surface area contributed by atoms with Gasteiger partial charge in [-0.15, -0.1) is 6.58 Å². The van der Waals surface area contributed by atoms with Crippen LogP contribution < -0.4 is 11.5 Å². The number of hydrogen-bond acceptors (Lipinski definition) is 39. The minimum absolute atomic E-state index is 0.206. The highest BCUT2D eigenvalue weighted by Gasteiger charge is 2.59. The maximum absolute atomic E-state index is 12.3. The van der Waals surface area contributed by atoms with Crippen molar-refractivity contribution in [1.82, 2.24) is 0 Å². The summed E-state index contributed by atoms with van der Waals surface area (Å²) in [5.74, 6) is 0. The second kappa shape index (κ2) is 32.0. The summed E-state index contributed by atoms with van der Waals surface area (Å²) in [5.41, 5.74) is 13.6. The Kier molecular flexibility index (Phi) is 26.3. The molecule has 8 rings (SSSR count). The fourth-order valence-electron chi connectivity index (χ4n) is 11.6. The van der Waals surface area contributed by atoms with Crippen LogP contribution >= 0.6 is 0 Å². The molecule has 0 saturated carbocycles. The molecular weight excluding hydrogens is 1230 g/mol. The van der Waals surface area contributed by atoms with Crippen LogP contribution in [0.5, 0.6) is 0 Å². The first-order valence-corrected chi connectivity index (χ1v) is 29.1. The minimum Gasteiger partial charge on any atom is -0.394 e. The fourth-order valence-corrected chi connectivity index (χ4v) is 11.6. The zero-order chi connectivity index (χ0) is 66.1. The largest absolute Gasteiger partial charge is 0.394 e. The van der Waals surface area contributed by atoms with Crippen LogP contribution in [0.4, 0.5) is 0 Å². The molecular formula is C51H88N2O37. The Balaban J connectivity index is 1.11. The summed E-state index contributed by atoms with van der Waals surface area (Å²) < 4.78 is 94.4. The monoisotopic (exact) mass is 1320 g/mol. The van der Waals surface area contributed by atoms with E-state index < -0.39 is 285 Å². The van der Waals surface area contributed by atoms with Crippen LogP contribution in [0.25, 0.3) is 0 Å². The van der Waals surface area contributed by atoms with Crippen molar-refractivity contribution in [2.75, 3.05) is 46.2 Å². The smallest absolute Gasteiger partial charge is 0.187 e. The second-order valence-electron chi connectivity index (χ2n) is 23.2. The molecule has 8 aliphatic heterocycles. The van der Waals surface area contributed by atoms with E-state index in [1.54, 1.807) is 0 Å². The van der Waals surface area contributed by atoms with Gasteiger partial charge >= 0.3 is 0 Å². The van der Waals surface area contributed by atoms with Crippen molar-refractivity contribution in [3.05, 3.63) is 12.7 Å². The van der Waals surface area contributed by atoms with Gasteiger partial charge in [0.1, 0.15) is 171 Å². The molecule has 0 spiro atoms. The Hall–Kier alpha value is -1.82. The van der Waals surface area contributed by atoms with Crippen LogP contribution in [0.3, 0.4) is 0 Å². The Labute approximate surface area is 511 Å². The first-order valence-electron chi connectivity index (χ1n) is 29.1. The fraction of sp³-hybridized carbons (Fsp3) is 0.961. The minimum atomic E-state index is -2.31. The van der Waals surface area contributed by atoms with Crippen molar-refractivity contribution in [1.29, 1.82) is 0 Å². The molecule has 90 heavy (non-hydrogen) atoms. The standard InChI is InChI=1S/C51H88N2O37/c1-4-5-75-46-36(73)31(68)38(16(8-56)83-46)85-51-37(74)43(90-45-21(53)42(89-50-35(72)30(67)25(62)15(7-55)80-50)40(18(10-58)82-45)86-47-32(69)27(64)22(59)12(2)77-47)26(63)19(84-51)11-76-44-20(52)41(88-48-33(70)28(65)23(60)13(3)78-48)39(17(9-57)81-44)87-49-34(71)29(66)24(61)14(6-54)79-49/h4,12-51,54-74H,1,5-11,52-53H2,2-3H3/t12?,13?,14?,15?,16?,17?,18?,19?,20?,21?,22-,23-,24+,25+,26+,27?,28?,29?,30?,31?,32?,33?,34?,35?,36?,37?,38+,39-,40-,41?,42?,43?,44-,45+,46-,47+,48?,49+,50+,51+/m1/s1. The van der Waals surface area contributed by atoms with Crippen molar-refractivity contribution in [2.24, 2.45) is 11.5 Å². The third-order valence-corrected chi connectivity index (χ3v) is 17.1. The number of aliphatic hydroxyl groups excluding tert-OH is 21. The third-order valence-electron chi connectivity index (χ3n) is 17.1. The summed E-state index contributed by atoms with van der Waals surface area (Å²) in [7, 11) is 0. The first kappa shape index (κ1) is 74.0. The van der Waals surface area contributed by atoms with E-state index in [-0.39, 0.29) is 6.61 Å². The molecule has 524 valence electrons. The topological polar surface area (TPSA) is 625 Å². The van der Waals surface area contributed by atoms with Gasteiger partial charge in [0.15, 0.2) is 50.3 Å². The van der Waals surface area contributed by atoms with Crippen molar-refractivity contribution in [3.63, 3.8) is 0 Å². The lowest BCUT2D eigenvalue weighted by atomic mass is 9.94. The molecule has 8 fully saturated rings. The molecule has 0 amide bonds. The molecule has 8 heterocycles. The molecule has 25 unspecified atom stereocenters. The van der Waals surface area contributed by atoms with Crippen LogP contribution in [0.2, 0.25) is 0 Å². The van der Waals surface area contributed by atoms with Crippen molar-refractivity contribution in [3.8, 4) is 0 Å². The van der Waals surface area contributed by atoms with E-state index in [1.165, 1.54) is 19.9 Å². The number of ether oxygens (including phenoxy) is 16. The highest BCUT2D eigenvalue weighted by Crippen LogP contribution is 2.39. The lowest BCUT2D eigenvalue weighted by molar-refractivity contribution is -0.393. The van der Waals surface area contributed by atoms with E-state index in [2.05, 4.69) is 6.58 Å². The van der Waals surface area contributed by atoms with E-state index >= 15 is 0 Å². The van der Waals surface area contributed by atoms with Gasteiger partial charge in [0.25, 0.3) is 0 Å². The lowest BCUT2D eigenvalue weighted by Gasteiger charge is -2.51. The molecule has 8 aliphatic rings. The van der Waals surface area contributed by atoms with Gasteiger partial charge in [0, 0.05) is 0 Å². The molecule has 0 bridgehead atoms. The van der Waals surface area contributed by atoms with Crippen LogP contribution in [-0.4, -0.2) is 399 Å². The molecule has 39 nitrogen and oxygen atoms in total. The summed E-state index contributed by atoms with van der Waals surface area (Å²) in [4.78, 5) is 0.